The number of amides is 1. The molecule has 17 heavy (non-hydrogen) atoms. The van der Waals surface area contributed by atoms with Crippen molar-refractivity contribution in [1.82, 2.24) is 20.4 Å². The number of rotatable bonds is 4. The predicted octanol–water partition coefficient (Wildman–Crippen LogP) is -1.67. The molecule has 2 aliphatic rings. The molecular weight excluding hydrogens is 216 g/mol. The van der Waals surface area contributed by atoms with Gasteiger partial charge in [-0.05, 0) is 0 Å². The summed E-state index contributed by atoms with van der Waals surface area (Å²) >= 11 is 0. The molecule has 2 fully saturated rings. The Kier molecular flexibility index (Phi) is 4.37. The summed E-state index contributed by atoms with van der Waals surface area (Å²) in [5.74, 6) is 2.44. The Morgan fingerprint density at radius 1 is 1.35 bits per heavy atom. The second kappa shape index (κ2) is 6.01. The van der Waals surface area contributed by atoms with E-state index in [4.69, 9.17) is 6.42 Å². The van der Waals surface area contributed by atoms with Crippen molar-refractivity contribution in [3.05, 3.63) is 0 Å². The first kappa shape index (κ1) is 12.4. The quantitative estimate of drug-likeness (QED) is 0.573. The van der Waals surface area contributed by atoms with Crippen LogP contribution < -0.4 is 10.6 Å². The molecule has 0 unspecified atom stereocenters. The molecule has 94 valence electrons. The van der Waals surface area contributed by atoms with E-state index in [2.05, 4.69) is 26.4 Å². The second-order valence-electron chi connectivity index (χ2n) is 4.61. The second-order valence-corrected chi connectivity index (χ2v) is 4.61. The average molecular weight is 236 g/mol. The predicted molar refractivity (Wildman–Crippen MR) is 66.5 cm³/mol. The van der Waals surface area contributed by atoms with Gasteiger partial charge in [-0.1, -0.05) is 5.92 Å². The van der Waals surface area contributed by atoms with Gasteiger partial charge >= 0.3 is 0 Å². The van der Waals surface area contributed by atoms with Gasteiger partial charge in [-0.25, -0.2) is 0 Å². The molecule has 0 aromatic heterocycles. The fourth-order valence-electron chi connectivity index (χ4n) is 2.23. The van der Waals surface area contributed by atoms with Gasteiger partial charge in [0.05, 0.1) is 13.1 Å². The lowest BCUT2D eigenvalue weighted by molar-refractivity contribution is -0.122. The number of terminal acetylenes is 1. The normalized spacial score (nSPS) is 22.8. The van der Waals surface area contributed by atoms with Crippen LogP contribution in [-0.4, -0.2) is 74.1 Å². The van der Waals surface area contributed by atoms with E-state index in [0.717, 1.165) is 39.3 Å². The Morgan fingerprint density at radius 3 is 2.59 bits per heavy atom. The van der Waals surface area contributed by atoms with Gasteiger partial charge < -0.3 is 10.6 Å². The van der Waals surface area contributed by atoms with Crippen molar-refractivity contribution in [3.8, 4) is 12.3 Å². The molecule has 0 atom stereocenters. The van der Waals surface area contributed by atoms with Crippen LogP contribution in [0.25, 0.3) is 0 Å². The van der Waals surface area contributed by atoms with Crippen molar-refractivity contribution in [2.45, 2.75) is 6.04 Å². The summed E-state index contributed by atoms with van der Waals surface area (Å²) in [5.41, 5.74) is 0. The van der Waals surface area contributed by atoms with Gasteiger partial charge in [0.1, 0.15) is 0 Å². The molecule has 0 aromatic carbocycles. The van der Waals surface area contributed by atoms with Crippen molar-refractivity contribution in [2.24, 2.45) is 0 Å². The smallest absolute Gasteiger partial charge is 0.234 e. The molecule has 2 heterocycles. The number of nitrogens with zero attached hydrogens (tertiary/aromatic N) is 2. The van der Waals surface area contributed by atoms with E-state index in [0.29, 0.717) is 19.1 Å². The fraction of sp³-hybridized carbons (Fsp3) is 0.750. The average Bonchev–Trinajstić information content (AvgIpc) is 2.27. The van der Waals surface area contributed by atoms with Gasteiger partial charge in [-0.15, -0.1) is 6.42 Å². The lowest BCUT2D eigenvalue weighted by atomic mass is 10.1. The lowest BCUT2D eigenvalue weighted by Crippen LogP contribution is -2.62. The zero-order valence-corrected chi connectivity index (χ0v) is 10.1. The van der Waals surface area contributed by atoms with Gasteiger partial charge in [0.2, 0.25) is 5.91 Å². The van der Waals surface area contributed by atoms with E-state index < -0.39 is 0 Å². The third kappa shape index (κ3) is 3.43. The number of carbonyl (C=O) groups excluding carboxylic acids is 1. The highest BCUT2D eigenvalue weighted by Crippen LogP contribution is 2.09. The Balaban J connectivity index is 1.64. The summed E-state index contributed by atoms with van der Waals surface area (Å²) < 4.78 is 0. The van der Waals surface area contributed by atoms with Gasteiger partial charge in [-0.3, -0.25) is 14.6 Å². The minimum atomic E-state index is 0.0294. The van der Waals surface area contributed by atoms with Crippen LogP contribution in [0.4, 0.5) is 0 Å². The Labute approximate surface area is 103 Å². The Morgan fingerprint density at radius 2 is 2.06 bits per heavy atom. The molecule has 0 spiro atoms. The van der Waals surface area contributed by atoms with Gasteiger partial charge in [0.15, 0.2) is 0 Å². The van der Waals surface area contributed by atoms with Crippen molar-refractivity contribution in [3.63, 3.8) is 0 Å². The first-order valence-corrected chi connectivity index (χ1v) is 6.17. The third-order valence-corrected chi connectivity index (χ3v) is 3.44. The van der Waals surface area contributed by atoms with Gasteiger partial charge in [0, 0.05) is 45.3 Å². The van der Waals surface area contributed by atoms with Crippen LogP contribution in [0.15, 0.2) is 0 Å². The lowest BCUT2D eigenvalue weighted by Gasteiger charge is -2.43. The maximum absolute atomic E-state index is 11.5. The van der Waals surface area contributed by atoms with Gasteiger partial charge in [-0.2, -0.15) is 0 Å². The largest absolute Gasteiger partial charge is 0.344 e. The van der Waals surface area contributed by atoms with Crippen molar-refractivity contribution in [1.29, 1.82) is 0 Å². The van der Waals surface area contributed by atoms with Crippen LogP contribution in [0.5, 0.6) is 0 Å². The van der Waals surface area contributed by atoms with E-state index in [1.54, 1.807) is 0 Å². The van der Waals surface area contributed by atoms with E-state index in [-0.39, 0.29) is 5.91 Å². The summed E-state index contributed by atoms with van der Waals surface area (Å²) in [6.07, 6.45) is 5.09. The Hall–Kier alpha value is -1.09. The van der Waals surface area contributed by atoms with Crippen LogP contribution in [0, 0.1) is 12.3 Å². The fourth-order valence-corrected chi connectivity index (χ4v) is 2.23. The molecule has 2 N–H and O–H groups in total. The van der Waals surface area contributed by atoms with Crippen molar-refractivity contribution in [2.75, 3.05) is 52.4 Å². The van der Waals surface area contributed by atoms with E-state index in [9.17, 15) is 4.79 Å². The maximum Gasteiger partial charge on any atom is 0.234 e. The van der Waals surface area contributed by atoms with E-state index in [1.165, 1.54) is 0 Å². The molecule has 2 rings (SSSR count). The zero-order valence-electron chi connectivity index (χ0n) is 10.1. The zero-order chi connectivity index (χ0) is 12.1. The summed E-state index contributed by atoms with van der Waals surface area (Å²) in [6.45, 7) is 7.10. The topological polar surface area (TPSA) is 47.6 Å². The molecule has 2 saturated heterocycles. The van der Waals surface area contributed by atoms with Crippen LogP contribution in [0.1, 0.15) is 0 Å². The minimum absolute atomic E-state index is 0.0294. The third-order valence-electron chi connectivity index (χ3n) is 3.44. The first-order chi connectivity index (χ1) is 8.29. The standard InChI is InChI=1S/C12H20N4O/c1-2-3-14-12(17)10-15-4-6-16(7-5-15)11-8-13-9-11/h1,11,13H,3-10H2,(H,14,17). The summed E-state index contributed by atoms with van der Waals surface area (Å²) in [5, 5.41) is 5.98. The molecule has 0 aliphatic carbocycles. The Bertz CT molecular complexity index is 300. The monoisotopic (exact) mass is 236 g/mol. The van der Waals surface area contributed by atoms with Crippen LogP contribution in [0.3, 0.4) is 0 Å². The number of piperazine rings is 1. The molecule has 0 saturated carbocycles. The molecule has 0 radical (unpaired) electrons. The number of carbonyl (C=O) groups is 1. The molecule has 0 aromatic rings. The highest BCUT2D eigenvalue weighted by Gasteiger charge is 2.27. The molecular formula is C12H20N4O. The molecule has 0 bridgehead atoms. The summed E-state index contributed by atoms with van der Waals surface area (Å²) in [7, 11) is 0. The summed E-state index contributed by atoms with van der Waals surface area (Å²) in [4.78, 5) is 16.2. The first-order valence-electron chi connectivity index (χ1n) is 6.17. The van der Waals surface area contributed by atoms with Crippen molar-refractivity contribution >= 4 is 5.91 Å². The van der Waals surface area contributed by atoms with Crippen LogP contribution in [-0.2, 0) is 4.79 Å². The maximum atomic E-state index is 11.5. The number of hydrogen-bond donors (Lipinski definition) is 2. The number of hydrogen-bond acceptors (Lipinski definition) is 4. The SMILES string of the molecule is C#CCNC(=O)CN1CCN(C2CNC2)CC1. The van der Waals surface area contributed by atoms with E-state index >= 15 is 0 Å². The summed E-state index contributed by atoms with van der Waals surface area (Å²) in [6, 6.07) is 0.715. The minimum Gasteiger partial charge on any atom is -0.344 e. The van der Waals surface area contributed by atoms with Crippen molar-refractivity contribution < 1.29 is 4.79 Å². The van der Waals surface area contributed by atoms with Crippen LogP contribution in [0.2, 0.25) is 0 Å². The number of nitrogens with one attached hydrogen (secondary N) is 2. The molecule has 5 heteroatoms. The molecule has 1 amide bonds. The van der Waals surface area contributed by atoms with Crippen LogP contribution >= 0.6 is 0 Å². The molecule has 2 aliphatic heterocycles. The molecule has 5 nitrogen and oxygen atoms in total. The van der Waals surface area contributed by atoms with E-state index in [1.807, 2.05) is 0 Å². The van der Waals surface area contributed by atoms with Gasteiger partial charge in [0.25, 0.3) is 0 Å². The highest BCUT2D eigenvalue weighted by molar-refractivity contribution is 5.78. The highest BCUT2D eigenvalue weighted by atomic mass is 16.2.